The molecular formula is C12H23NO3. The lowest BCUT2D eigenvalue weighted by Gasteiger charge is -2.30. The second-order valence-corrected chi connectivity index (χ2v) is 4.31. The number of carbonyl (C=O) groups is 2. The Morgan fingerprint density at radius 3 is 2.00 bits per heavy atom. The fourth-order valence-electron chi connectivity index (χ4n) is 1.73. The summed E-state index contributed by atoms with van der Waals surface area (Å²) in [4.78, 5) is 24.7. The van der Waals surface area contributed by atoms with Crippen molar-refractivity contribution in [3.8, 4) is 0 Å². The fourth-order valence-corrected chi connectivity index (χ4v) is 1.73. The second-order valence-electron chi connectivity index (χ2n) is 4.31. The van der Waals surface area contributed by atoms with Crippen LogP contribution in [0.1, 0.15) is 40.5 Å². The van der Waals surface area contributed by atoms with Crippen LogP contribution in [-0.4, -0.2) is 36.5 Å². The van der Waals surface area contributed by atoms with Gasteiger partial charge in [0, 0.05) is 12.6 Å². The molecule has 0 aliphatic heterocycles. The highest BCUT2D eigenvalue weighted by Gasteiger charge is 2.27. The first-order chi connectivity index (χ1) is 7.47. The van der Waals surface area contributed by atoms with Gasteiger partial charge in [-0.1, -0.05) is 27.7 Å². The van der Waals surface area contributed by atoms with Gasteiger partial charge in [-0.15, -0.1) is 0 Å². The number of ether oxygens (including phenoxy) is 1. The molecule has 0 unspecified atom stereocenters. The molecule has 1 amide bonds. The van der Waals surface area contributed by atoms with Crippen LogP contribution in [0.4, 0.5) is 0 Å². The molecule has 94 valence electrons. The van der Waals surface area contributed by atoms with Crippen molar-refractivity contribution in [2.45, 2.75) is 46.6 Å². The standard InChI is InChI=1S/C12H23NO3/c1-6-10(7-2)13(8-9(3)4)11(14)12(15)16-5/h9-10H,6-8H2,1-5H3. The number of hydrogen-bond acceptors (Lipinski definition) is 3. The molecule has 0 bridgehead atoms. The molecule has 0 aromatic rings. The summed E-state index contributed by atoms with van der Waals surface area (Å²) < 4.78 is 4.48. The molecule has 0 aromatic heterocycles. The van der Waals surface area contributed by atoms with E-state index in [-0.39, 0.29) is 6.04 Å². The van der Waals surface area contributed by atoms with Gasteiger partial charge in [-0.2, -0.15) is 0 Å². The number of hydrogen-bond donors (Lipinski definition) is 0. The first kappa shape index (κ1) is 14.9. The molecule has 0 radical (unpaired) electrons. The number of amides is 1. The van der Waals surface area contributed by atoms with E-state index in [1.165, 1.54) is 7.11 Å². The van der Waals surface area contributed by atoms with Crippen molar-refractivity contribution in [2.75, 3.05) is 13.7 Å². The lowest BCUT2D eigenvalue weighted by Crippen LogP contribution is -2.45. The van der Waals surface area contributed by atoms with Crippen molar-refractivity contribution in [1.82, 2.24) is 4.90 Å². The smallest absolute Gasteiger partial charge is 0.396 e. The van der Waals surface area contributed by atoms with Gasteiger partial charge >= 0.3 is 11.9 Å². The van der Waals surface area contributed by atoms with E-state index < -0.39 is 11.9 Å². The van der Waals surface area contributed by atoms with Crippen LogP contribution in [0.3, 0.4) is 0 Å². The van der Waals surface area contributed by atoms with Crippen LogP contribution in [0, 0.1) is 5.92 Å². The Bertz CT molecular complexity index is 234. The quantitative estimate of drug-likeness (QED) is 0.534. The molecule has 0 rings (SSSR count). The fraction of sp³-hybridized carbons (Fsp3) is 0.833. The van der Waals surface area contributed by atoms with Gasteiger partial charge in [0.15, 0.2) is 0 Å². The molecule has 0 aliphatic carbocycles. The Hall–Kier alpha value is -1.06. The van der Waals surface area contributed by atoms with Crippen molar-refractivity contribution in [3.05, 3.63) is 0 Å². The van der Waals surface area contributed by atoms with Crippen molar-refractivity contribution < 1.29 is 14.3 Å². The largest absolute Gasteiger partial charge is 0.462 e. The summed E-state index contributed by atoms with van der Waals surface area (Å²) in [6.07, 6.45) is 1.71. The molecule has 4 nitrogen and oxygen atoms in total. The van der Waals surface area contributed by atoms with Crippen molar-refractivity contribution in [1.29, 1.82) is 0 Å². The lowest BCUT2D eigenvalue weighted by atomic mass is 10.1. The predicted octanol–water partition coefficient (Wildman–Crippen LogP) is 1.83. The zero-order valence-corrected chi connectivity index (χ0v) is 10.9. The van der Waals surface area contributed by atoms with Crippen LogP contribution in [0.2, 0.25) is 0 Å². The highest BCUT2D eigenvalue weighted by atomic mass is 16.5. The molecule has 4 heteroatoms. The topological polar surface area (TPSA) is 46.6 Å². The summed E-state index contributed by atoms with van der Waals surface area (Å²) in [6.45, 7) is 8.69. The SMILES string of the molecule is CCC(CC)N(CC(C)C)C(=O)C(=O)OC. The zero-order chi connectivity index (χ0) is 12.7. The van der Waals surface area contributed by atoms with Gasteiger partial charge in [-0.3, -0.25) is 4.79 Å². The van der Waals surface area contributed by atoms with Crippen LogP contribution >= 0.6 is 0 Å². The molecule has 0 aliphatic rings. The van der Waals surface area contributed by atoms with E-state index in [1.807, 2.05) is 27.7 Å². The minimum absolute atomic E-state index is 0.119. The molecule has 0 heterocycles. The summed E-state index contributed by atoms with van der Waals surface area (Å²) in [5.74, 6) is -0.952. The maximum absolute atomic E-state index is 11.8. The minimum Gasteiger partial charge on any atom is -0.462 e. The first-order valence-corrected chi connectivity index (χ1v) is 5.86. The molecule has 0 aromatic carbocycles. The number of methoxy groups -OCH3 is 1. The Kier molecular flexibility index (Phi) is 6.77. The maximum atomic E-state index is 11.8. The van der Waals surface area contributed by atoms with Crippen LogP contribution in [0.25, 0.3) is 0 Å². The Morgan fingerprint density at radius 2 is 1.69 bits per heavy atom. The molecule has 0 saturated heterocycles. The third-order valence-electron chi connectivity index (χ3n) is 2.57. The normalized spacial score (nSPS) is 10.7. The van der Waals surface area contributed by atoms with Crippen LogP contribution in [0.5, 0.6) is 0 Å². The molecule has 0 spiro atoms. The van der Waals surface area contributed by atoms with E-state index >= 15 is 0 Å². The molecule has 0 N–H and O–H groups in total. The first-order valence-electron chi connectivity index (χ1n) is 5.86. The van der Waals surface area contributed by atoms with Gasteiger partial charge in [0.2, 0.25) is 0 Å². The monoisotopic (exact) mass is 229 g/mol. The summed E-state index contributed by atoms with van der Waals surface area (Å²) in [6, 6.07) is 0.119. The third-order valence-corrected chi connectivity index (χ3v) is 2.57. The summed E-state index contributed by atoms with van der Waals surface area (Å²) in [7, 11) is 1.24. The van der Waals surface area contributed by atoms with E-state index in [0.717, 1.165) is 12.8 Å². The van der Waals surface area contributed by atoms with E-state index in [1.54, 1.807) is 4.90 Å². The van der Waals surface area contributed by atoms with Gasteiger partial charge in [-0.05, 0) is 18.8 Å². The van der Waals surface area contributed by atoms with E-state index in [9.17, 15) is 9.59 Å². The van der Waals surface area contributed by atoms with Crippen molar-refractivity contribution >= 4 is 11.9 Å². The molecule has 0 atom stereocenters. The minimum atomic E-state index is -0.771. The molecule has 0 saturated carbocycles. The van der Waals surface area contributed by atoms with Gasteiger partial charge in [0.05, 0.1) is 7.11 Å². The highest BCUT2D eigenvalue weighted by molar-refractivity contribution is 6.32. The number of carbonyl (C=O) groups excluding carboxylic acids is 2. The van der Waals surface area contributed by atoms with Gasteiger partial charge in [0.1, 0.15) is 0 Å². The molecular weight excluding hydrogens is 206 g/mol. The maximum Gasteiger partial charge on any atom is 0.396 e. The second kappa shape index (κ2) is 7.25. The van der Waals surface area contributed by atoms with Gasteiger partial charge in [-0.25, -0.2) is 4.79 Å². The Morgan fingerprint density at radius 1 is 1.19 bits per heavy atom. The van der Waals surface area contributed by atoms with Crippen molar-refractivity contribution in [2.24, 2.45) is 5.92 Å². The van der Waals surface area contributed by atoms with Crippen molar-refractivity contribution in [3.63, 3.8) is 0 Å². The lowest BCUT2D eigenvalue weighted by molar-refractivity contribution is -0.159. The number of rotatable bonds is 5. The summed E-state index contributed by atoms with van der Waals surface area (Å²) in [5, 5.41) is 0. The van der Waals surface area contributed by atoms with E-state index in [2.05, 4.69) is 4.74 Å². The molecule has 0 fully saturated rings. The highest BCUT2D eigenvalue weighted by Crippen LogP contribution is 2.12. The van der Waals surface area contributed by atoms with Crippen LogP contribution < -0.4 is 0 Å². The number of nitrogens with zero attached hydrogens (tertiary/aromatic N) is 1. The predicted molar refractivity (Wildman–Crippen MR) is 62.9 cm³/mol. The van der Waals surface area contributed by atoms with Gasteiger partial charge in [0.25, 0.3) is 0 Å². The van der Waals surface area contributed by atoms with E-state index in [4.69, 9.17) is 0 Å². The van der Waals surface area contributed by atoms with Gasteiger partial charge < -0.3 is 9.64 Å². The third kappa shape index (κ3) is 4.21. The zero-order valence-electron chi connectivity index (χ0n) is 10.9. The summed E-state index contributed by atoms with van der Waals surface area (Å²) >= 11 is 0. The van der Waals surface area contributed by atoms with Crippen LogP contribution in [-0.2, 0) is 14.3 Å². The Labute approximate surface area is 98.0 Å². The Balaban J connectivity index is 4.77. The van der Waals surface area contributed by atoms with E-state index in [0.29, 0.717) is 12.5 Å². The number of esters is 1. The molecule has 16 heavy (non-hydrogen) atoms. The summed E-state index contributed by atoms with van der Waals surface area (Å²) in [5.41, 5.74) is 0. The van der Waals surface area contributed by atoms with Crippen LogP contribution in [0.15, 0.2) is 0 Å². The average molecular weight is 229 g/mol. The average Bonchev–Trinajstić information content (AvgIpc) is 2.26.